The van der Waals surface area contributed by atoms with Crippen molar-refractivity contribution in [3.63, 3.8) is 0 Å². The van der Waals surface area contributed by atoms with E-state index >= 15 is 0 Å². The van der Waals surface area contributed by atoms with Gasteiger partial charge in [0.2, 0.25) is 5.91 Å². The van der Waals surface area contributed by atoms with Gasteiger partial charge in [-0.3, -0.25) is 4.79 Å². The van der Waals surface area contributed by atoms with E-state index in [1.807, 2.05) is 0 Å². The standard InChI is InChI=1S/C16H29NO2/c1-15(2)9-7-4-8-13(15)14(19)17-16(12-18)10-5-3-6-11-16/h13,18H,3-12H2,1-2H3,(H,17,19). The second kappa shape index (κ2) is 5.82. The van der Waals surface area contributed by atoms with Crippen molar-refractivity contribution in [1.29, 1.82) is 0 Å². The van der Waals surface area contributed by atoms with Crippen molar-refractivity contribution >= 4 is 5.91 Å². The fourth-order valence-electron chi connectivity index (χ4n) is 3.88. The molecule has 3 heteroatoms. The van der Waals surface area contributed by atoms with Crippen LogP contribution in [0, 0.1) is 11.3 Å². The van der Waals surface area contributed by atoms with Crippen molar-refractivity contribution in [2.45, 2.75) is 77.2 Å². The first kappa shape index (κ1) is 14.8. The molecule has 2 aliphatic rings. The van der Waals surface area contributed by atoms with Crippen LogP contribution in [0.25, 0.3) is 0 Å². The average molecular weight is 267 g/mol. The summed E-state index contributed by atoms with van der Waals surface area (Å²) in [6, 6.07) is 0. The zero-order valence-corrected chi connectivity index (χ0v) is 12.5. The number of nitrogens with one attached hydrogen (secondary N) is 1. The van der Waals surface area contributed by atoms with Crippen LogP contribution in [0.3, 0.4) is 0 Å². The van der Waals surface area contributed by atoms with Crippen molar-refractivity contribution in [3.8, 4) is 0 Å². The molecule has 2 rings (SSSR count). The van der Waals surface area contributed by atoms with Gasteiger partial charge in [-0.1, -0.05) is 46.0 Å². The Morgan fingerprint density at radius 2 is 1.74 bits per heavy atom. The third-order valence-electron chi connectivity index (χ3n) is 5.33. The van der Waals surface area contributed by atoms with E-state index in [2.05, 4.69) is 19.2 Å². The Labute approximate surface area is 117 Å². The Bertz CT molecular complexity index is 319. The van der Waals surface area contributed by atoms with E-state index in [-0.39, 0.29) is 29.4 Å². The molecular formula is C16H29NO2. The fourth-order valence-corrected chi connectivity index (χ4v) is 3.88. The lowest BCUT2D eigenvalue weighted by atomic mass is 9.68. The Balaban J connectivity index is 2.02. The molecule has 0 bridgehead atoms. The summed E-state index contributed by atoms with van der Waals surface area (Å²) >= 11 is 0. The maximum absolute atomic E-state index is 12.6. The van der Waals surface area contributed by atoms with Gasteiger partial charge in [-0.15, -0.1) is 0 Å². The molecule has 2 aliphatic carbocycles. The smallest absolute Gasteiger partial charge is 0.224 e. The maximum Gasteiger partial charge on any atom is 0.224 e. The van der Waals surface area contributed by atoms with Crippen LogP contribution < -0.4 is 5.32 Å². The molecule has 0 aromatic heterocycles. The number of carbonyl (C=O) groups is 1. The molecule has 2 saturated carbocycles. The van der Waals surface area contributed by atoms with Crippen LogP contribution >= 0.6 is 0 Å². The normalized spacial score (nSPS) is 29.7. The van der Waals surface area contributed by atoms with E-state index in [0.717, 1.165) is 44.9 Å². The molecule has 0 radical (unpaired) electrons. The number of carbonyl (C=O) groups excluding carboxylic acids is 1. The van der Waals surface area contributed by atoms with Gasteiger partial charge < -0.3 is 10.4 Å². The van der Waals surface area contributed by atoms with Gasteiger partial charge in [-0.25, -0.2) is 0 Å². The quantitative estimate of drug-likeness (QED) is 0.826. The summed E-state index contributed by atoms with van der Waals surface area (Å²) < 4.78 is 0. The number of aliphatic hydroxyl groups is 1. The van der Waals surface area contributed by atoms with Crippen LogP contribution in [0.5, 0.6) is 0 Å². The average Bonchev–Trinajstić information content (AvgIpc) is 2.39. The molecule has 1 atom stereocenters. The molecule has 0 aromatic carbocycles. The van der Waals surface area contributed by atoms with Gasteiger partial charge in [0.05, 0.1) is 12.1 Å². The highest BCUT2D eigenvalue weighted by Crippen LogP contribution is 2.41. The van der Waals surface area contributed by atoms with Crippen molar-refractivity contribution < 1.29 is 9.90 Å². The van der Waals surface area contributed by atoms with Gasteiger partial charge in [0, 0.05) is 5.92 Å². The Morgan fingerprint density at radius 3 is 2.32 bits per heavy atom. The summed E-state index contributed by atoms with van der Waals surface area (Å²) in [7, 11) is 0. The van der Waals surface area contributed by atoms with Gasteiger partial charge in [0.15, 0.2) is 0 Å². The molecular weight excluding hydrogens is 238 g/mol. The third kappa shape index (κ3) is 3.31. The molecule has 0 spiro atoms. The van der Waals surface area contributed by atoms with Crippen molar-refractivity contribution in [2.24, 2.45) is 11.3 Å². The zero-order valence-electron chi connectivity index (χ0n) is 12.5. The van der Waals surface area contributed by atoms with E-state index in [1.54, 1.807) is 0 Å². The monoisotopic (exact) mass is 267 g/mol. The first-order valence-corrected chi connectivity index (χ1v) is 7.92. The minimum absolute atomic E-state index is 0.0892. The highest BCUT2D eigenvalue weighted by Gasteiger charge is 2.41. The summed E-state index contributed by atoms with van der Waals surface area (Å²) in [5.41, 5.74) is -0.226. The van der Waals surface area contributed by atoms with Gasteiger partial charge in [-0.05, 0) is 31.1 Å². The van der Waals surface area contributed by atoms with Gasteiger partial charge in [0.25, 0.3) is 0 Å². The highest BCUT2D eigenvalue weighted by atomic mass is 16.3. The SMILES string of the molecule is CC1(C)CCCCC1C(=O)NC1(CO)CCCCC1. The minimum Gasteiger partial charge on any atom is -0.394 e. The largest absolute Gasteiger partial charge is 0.394 e. The molecule has 2 fully saturated rings. The van der Waals surface area contributed by atoms with E-state index in [1.165, 1.54) is 12.8 Å². The summed E-state index contributed by atoms with van der Waals surface area (Å²) in [5, 5.41) is 12.9. The molecule has 3 nitrogen and oxygen atoms in total. The molecule has 0 aliphatic heterocycles. The molecule has 0 saturated heterocycles. The van der Waals surface area contributed by atoms with Crippen molar-refractivity contribution in [3.05, 3.63) is 0 Å². The van der Waals surface area contributed by atoms with E-state index in [0.29, 0.717) is 0 Å². The summed E-state index contributed by atoms with van der Waals surface area (Å²) in [6.07, 6.45) is 9.87. The van der Waals surface area contributed by atoms with Crippen LogP contribution in [0.4, 0.5) is 0 Å². The highest BCUT2D eigenvalue weighted by molar-refractivity contribution is 5.80. The van der Waals surface area contributed by atoms with Gasteiger partial charge in [0.1, 0.15) is 0 Å². The van der Waals surface area contributed by atoms with Gasteiger partial charge in [-0.2, -0.15) is 0 Å². The zero-order chi connectivity index (χ0) is 13.9. The number of rotatable bonds is 3. The first-order chi connectivity index (χ1) is 8.99. The van der Waals surface area contributed by atoms with Crippen LogP contribution in [0.1, 0.15) is 71.6 Å². The number of hydrogen-bond donors (Lipinski definition) is 2. The maximum atomic E-state index is 12.6. The first-order valence-electron chi connectivity index (χ1n) is 7.92. The van der Waals surface area contributed by atoms with Crippen LogP contribution in [0.2, 0.25) is 0 Å². The predicted molar refractivity (Wildman–Crippen MR) is 76.8 cm³/mol. The van der Waals surface area contributed by atoms with Gasteiger partial charge >= 0.3 is 0 Å². The van der Waals surface area contributed by atoms with Crippen LogP contribution in [0.15, 0.2) is 0 Å². The fraction of sp³-hybridized carbons (Fsp3) is 0.938. The van der Waals surface area contributed by atoms with Crippen LogP contribution in [-0.2, 0) is 4.79 Å². The summed E-state index contributed by atoms with van der Waals surface area (Å²) in [6.45, 7) is 4.51. The lowest BCUT2D eigenvalue weighted by molar-refractivity contribution is -0.133. The molecule has 0 heterocycles. The molecule has 1 amide bonds. The number of amides is 1. The topological polar surface area (TPSA) is 49.3 Å². The predicted octanol–water partition coefficient (Wildman–Crippen LogP) is 3.01. The molecule has 1 unspecified atom stereocenters. The summed E-state index contributed by atoms with van der Waals surface area (Å²) in [5.74, 6) is 0.298. The van der Waals surface area contributed by atoms with Crippen molar-refractivity contribution in [2.75, 3.05) is 6.61 Å². The van der Waals surface area contributed by atoms with E-state index < -0.39 is 0 Å². The number of aliphatic hydroxyl groups excluding tert-OH is 1. The number of hydrogen-bond acceptors (Lipinski definition) is 2. The van der Waals surface area contributed by atoms with E-state index in [9.17, 15) is 9.90 Å². The van der Waals surface area contributed by atoms with E-state index in [4.69, 9.17) is 0 Å². The minimum atomic E-state index is -0.330. The molecule has 19 heavy (non-hydrogen) atoms. The summed E-state index contributed by atoms with van der Waals surface area (Å²) in [4.78, 5) is 12.6. The second-order valence-corrected chi connectivity index (χ2v) is 7.28. The Morgan fingerprint density at radius 1 is 1.11 bits per heavy atom. The molecule has 2 N–H and O–H groups in total. The van der Waals surface area contributed by atoms with Crippen LogP contribution in [-0.4, -0.2) is 23.2 Å². The Hall–Kier alpha value is -0.570. The lowest BCUT2D eigenvalue weighted by Gasteiger charge is -2.42. The Kier molecular flexibility index (Phi) is 4.54. The van der Waals surface area contributed by atoms with Crippen molar-refractivity contribution in [1.82, 2.24) is 5.32 Å². The lowest BCUT2D eigenvalue weighted by Crippen LogP contribution is -2.56. The third-order valence-corrected chi connectivity index (χ3v) is 5.33. The molecule has 0 aromatic rings. The molecule has 110 valence electrons. The second-order valence-electron chi connectivity index (χ2n) is 7.28.